The molecule has 0 atom stereocenters. The van der Waals surface area contributed by atoms with Gasteiger partial charge in [-0.25, -0.2) is 9.97 Å². The second kappa shape index (κ2) is 4.96. The molecule has 0 fully saturated rings. The van der Waals surface area contributed by atoms with Gasteiger partial charge in [-0.15, -0.1) is 0 Å². The number of H-pyrrole nitrogens is 1. The van der Waals surface area contributed by atoms with Gasteiger partial charge >= 0.3 is 0 Å². The quantitative estimate of drug-likeness (QED) is 0.668. The van der Waals surface area contributed by atoms with E-state index in [2.05, 4.69) is 30.6 Å². The predicted octanol–water partition coefficient (Wildman–Crippen LogP) is 1.46. The lowest BCUT2D eigenvalue weighted by Gasteiger charge is -2.05. The summed E-state index contributed by atoms with van der Waals surface area (Å²) in [5.74, 6) is 0.415. The molecule has 3 aromatic rings. The molecule has 0 bridgehead atoms. The summed E-state index contributed by atoms with van der Waals surface area (Å²) in [6.45, 7) is 0. The van der Waals surface area contributed by atoms with Crippen LogP contribution in [-0.2, 0) is 0 Å². The minimum atomic E-state index is -0.135. The molecule has 20 heavy (non-hydrogen) atoms. The first-order valence-corrected chi connectivity index (χ1v) is 6.01. The molecule has 7 heteroatoms. The van der Waals surface area contributed by atoms with Crippen LogP contribution < -0.4 is 10.6 Å². The van der Waals surface area contributed by atoms with Gasteiger partial charge in [-0.2, -0.15) is 4.98 Å². The number of hydrogen-bond acceptors (Lipinski definition) is 5. The molecule has 1 aromatic carbocycles. The van der Waals surface area contributed by atoms with E-state index in [9.17, 15) is 4.79 Å². The third-order valence-electron chi connectivity index (χ3n) is 2.78. The van der Waals surface area contributed by atoms with Gasteiger partial charge in [-0.3, -0.25) is 4.79 Å². The Balaban J connectivity index is 1.88. The molecular formula is C13H12N6O. The maximum absolute atomic E-state index is 11.6. The van der Waals surface area contributed by atoms with Crippen molar-refractivity contribution in [1.82, 2.24) is 25.3 Å². The minimum absolute atomic E-state index is 0.135. The summed E-state index contributed by atoms with van der Waals surface area (Å²) < 4.78 is 0. The summed E-state index contributed by atoms with van der Waals surface area (Å²) in [5.41, 5.74) is 2.67. The Hall–Kier alpha value is -2.96. The number of aromatic nitrogens is 4. The highest BCUT2D eigenvalue weighted by molar-refractivity contribution is 5.95. The van der Waals surface area contributed by atoms with Crippen molar-refractivity contribution in [3.63, 3.8) is 0 Å². The number of aromatic amines is 1. The number of imidazole rings is 1. The number of rotatable bonds is 3. The van der Waals surface area contributed by atoms with Gasteiger partial charge < -0.3 is 15.6 Å². The monoisotopic (exact) mass is 268 g/mol. The normalized spacial score (nSPS) is 10.4. The molecule has 7 nitrogen and oxygen atoms in total. The van der Waals surface area contributed by atoms with Gasteiger partial charge in [0.25, 0.3) is 5.91 Å². The lowest BCUT2D eigenvalue weighted by Crippen LogP contribution is -2.17. The highest BCUT2D eigenvalue weighted by atomic mass is 16.1. The van der Waals surface area contributed by atoms with Gasteiger partial charge in [0.2, 0.25) is 5.95 Å². The Labute approximate surface area is 114 Å². The summed E-state index contributed by atoms with van der Waals surface area (Å²) in [4.78, 5) is 26.9. The topological polar surface area (TPSA) is 95.6 Å². The van der Waals surface area contributed by atoms with Gasteiger partial charge in [0.15, 0.2) is 5.65 Å². The number of benzene rings is 1. The van der Waals surface area contributed by atoms with E-state index >= 15 is 0 Å². The molecule has 3 N–H and O–H groups in total. The first-order chi connectivity index (χ1) is 9.76. The number of carbonyl (C=O) groups is 1. The predicted molar refractivity (Wildman–Crippen MR) is 74.8 cm³/mol. The van der Waals surface area contributed by atoms with E-state index in [1.54, 1.807) is 31.4 Å². The standard InChI is InChI=1S/C13H12N6O/c1-14-12(20)8-3-2-4-9(5-8)17-13-18-10-6-15-7-16-11(10)19-13/h2-7H,1H3,(H,14,20)(H2,15,16,17,18,19). The second-order valence-corrected chi connectivity index (χ2v) is 4.13. The minimum Gasteiger partial charge on any atom is -0.355 e. The number of nitrogens with zero attached hydrogens (tertiary/aromatic N) is 3. The van der Waals surface area contributed by atoms with E-state index < -0.39 is 0 Å². The van der Waals surface area contributed by atoms with Crippen molar-refractivity contribution in [1.29, 1.82) is 0 Å². The molecule has 2 aromatic heterocycles. The number of nitrogens with one attached hydrogen (secondary N) is 3. The molecule has 100 valence electrons. The largest absolute Gasteiger partial charge is 0.355 e. The van der Waals surface area contributed by atoms with Crippen LogP contribution in [0.1, 0.15) is 10.4 Å². The average molecular weight is 268 g/mol. The fourth-order valence-electron chi connectivity index (χ4n) is 1.84. The summed E-state index contributed by atoms with van der Waals surface area (Å²) >= 11 is 0. The Morgan fingerprint density at radius 1 is 1.35 bits per heavy atom. The van der Waals surface area contributed by atoms with Crippen LogP contribution in [0, 0.1) is 0 Å². The second-order valence-electron chi connectivity index (χ2n) is 4.13. The van der Waals surface area contributed by atoms with Gasteiger partial charge in [-0.1, -0.05) is 6.07 Å². The number of fused-ring (bicyclic) bond motifs is 1. The maximum atomic E-state index is 11.6. The third kappa shape index (κ3) is 2.28. The first kappa shape index (κ1) is 12.1. The zero-order valence-corrected chi connectivity index (χ0v) is 10.7. The zero-order chi connectivity index (χ0) is 13.9. The van der Waals surface area contributed by atoms with Crippen molar-refractivity contribution in [3.05, 3.63) is 42.4 Å². The molecule has 0 aliphatic heterocycles. The number of amides is 1. The van der Waals surface area contributed by atoms with E-state index in [-0.39, 0.29) is 5.91 Å². The third-order valence-corrected chi connectivity index (χ3v) is 2.78. The summed E-state index contributed by atoms with van der Waals surface area (Å²) in [6, 6.07) is 7.15. The maximum Gasteiger partial charge on any atom is 0.251 e. The van der Waals surface area contributed by atoms with Crippen LogP contribution in [0.5, 0.6) is 0 Å². The van der Waals surface area contributed by atoms with E-state index in [0.717, 1.165) is 11.2 Å². The molecule has 0 saturated heterocycles. The molecular weight excluding hydrogens is 256 g/mol. The molecule has 0 unspecified atom stereocenters. The molecule has 0 aliphatic rings. The van der Waals surface area contributed by atoms with Crippen LogP contribution in [0.4, 0.5) is 11.6 Å². The Morgan fingerprint density at radius 3 is 3.05 bits per heavy atom. The van der Waals surface area contributed by atoms with Gasteiger partial charge in [0.1, 0.15) is 11.8 Å². The smallest absolute Gasteiger partial charge is 0.251 e. The van der Waals surface area contributed by atoms with Crippen molar-refractivity contribution in [2.45, 2.75) is 0 Å². The summed E-state index contributed by atoms with van der Waals surface area (Å²) in [6.07, 6.45) is 3.10. The van der Waals surface area contributed by atoms with E-state index in [1.807, 2.05) is 6.07 Å². The van der Waals surface area contributed by atoms with Crippen LogP contribution in [-0.4, -0.2) is 32.9 Å². The van der Waals surface area contributed by atoms with Crippen molar-refractivity contribution >= 4 is 28.7 Å². The number of hydrogen-bond donors (Lipinski definition) is 3. The van der Waals surface area contributed by atoms with Crippen molar-refractivity contribution < 1.29 is 4.79 Å². The van der Waals surface area contributed by atoms with E-state index in [4.69, 9.17) is 0 Å². The first-order valence-electron chi connectivity index (χ1n) is 6.01. The molecule has 0 spiro atoms. The fraction of sp³-hybridized carbons (Fsp3) is 0.0769. The molecule has 2 heterocycles. The lowest BCUT2D eigenvalue weighted by atomic mass is 10.2. The van der Waals surface area contributed by atoms with Crippen LogP contribution >= 0.6 is 0 Å². The highest BCUT2D eigenvalue weighted by Crippen LogP contribution is 2.17. The van der Waals surface area contributed by atoms with Gasteiger partial charge in [0, 0.05) is 18.3 Å². The number of carbonyl (C=O) groups excluding carboxylic acids is 1. The van der Waals surface area contributed by atoms with Crippen LogP contribution in [0.25, 0.3) is 11.2 Å². The Bertz CT molecular complexity index is 733. The van der Waals surface area contributed by atoms with Crippen molar-refractivity contribution in [2.24, 2.45) is 0 Å². The fourth-order valence-corrected chi connectivity index (χ4v) is 1.84. The average Bonchev–Trinajstić information content (AvgIpc) is 2.88. The summed E-state index contributed by atoms with van der Waals surface area (Å²) in [5, 5.41) is 5.68. The van der Waals surface area contributed by atoms with Crippen molar-refractivity contribution in [3.8, 4) is 0 Å². The highest BCUT2D eigenvalue weighted by Gasteiger charge is 2.06. The van der Waals surface area contributed by atoms with Crippen molar-refractivity contribution in [2.75, 3.05) is 12.4 Å². The molecule has 3 rings (SSSR count). The van der Waals surface area contributed by atoms with E-state index in [1.165, 1.54) is 6.33 Å². The molecule has 0 aliphatic carbocycles. The Morgan fingerprint density at radius 2 is 2.25 bits per heavy atom. The van der Waals surface area contributed by atoms with Gasteiger partial charge in [0.05, 0.1) is 6.20 Å². The van der Waals surface area contributed by atoms with Crippen LogP contribution in [0.3, 0.4) is 0 Å². The zero-order valence-electron chi connectivity index (χ0n) is 10.7. The van der Waals surface area contributed by atoms with E-state index in [0.29, 0.717) is 17.2 Å². The number of anilines is 2. The molecule has 0 radical (unpaired) electrons. The Kier molecular flexibility index (Phi) is 3.00. The summed E-state index contributed by atoms with van der Waals surface area (Å²) in [7, 11) is 1.60. The lowest BCUT2D eigenvalue weighted by molar-refractivity contribution is 0.0963. The molecule has 0 saturated carbocycles. The van der Waals surface area contributed by atoms with Crippen LogP contribution in [0.15, 0.2) is 36.8 Å². The molecule has 1 amide bonds. The SMILES string of the molecule is CNC(=O)c1cccc(Nc2nc3ncncc3[nH]2)c1. The van der Waals surface area contributed by atoms with Gasteiger partial charge in [-0.05, 0) is 18.2 Å². The van der Waals surface area contributed by atoms with Crippen LogP contribution in [0.2, 0.25) is 0 Å².